The van der Waals surface area contributed by atoms with Gasteiger partial charge in [-0.3, -0.25) is 0 Å². The van der Waals surface area contributed by atoms with E-state index in [0.29, 0.717) is 33.8 Å². The van der Waals surface area contributed by atoms with Crippen molar-refractivity contribution in [2.75, 3.05) is 19.8 Å². The van der Waals surface area contributed by atoms with E-state index in [9.17, 15) is 9.59 Å². The van der Waals surface area contributed by atoms with E-state index in [1.807, 2.05) is 6.92 Å². The molecule has 1 fully saturated rings. The summed E-state index contributed by atoms with van der Waals surface area (Å²) in [5.41, 5.74) is 0. The number of unbranched alkanes of at least 4 members (excludes halogenated alkanes) is 3. The van der Waals surface area contributed by atoms with Crippen LogP contribution in [0.25, 0.3) is 0 Å². The van der Waals surface area contributed by atoms with Crippen LogP contribution in [0.2, 0.25) is 13.3 Å². The second kappa shape index (κ2) is 15.7. The molecule has 0 radical (unpaired) electrons. The number of nitrogens with zero attached hydrogens (tertiary/aromatic N) is 1. The monoisotopic (exact) mass is 567 g/mol. The third-order valence-corrected chi connectivity index (χ3v) is 27.8. The fraction of sp³-hybridized carbons (Fsp3) is 0.864. The Bertz CT molecular complexity index is 525. The van der Waals surface area contributed by atoms with Crippen molar-refractivity contribution < 1.29 is 19.1 Å². The van der Waals surface area contributed by atoms with E-state index in [4.69, 9.17) is 21.7 Å². The summed E-state index contributed by atoms with van der Waals surface area (Å²) in [4.78, 5) is 25.8. The van der Waals surface area contributed by atoms with E-state index < -0.39 is 24.5 Å². The van der Waals surface area contributed by atoms with Crippen LogP contribution in [0.4, 0.5) is 4.79 Å². The molecule has 174 valence electrons. The molecule has 1 aliphatic heterocycles. The topological polar surface area (TPSA) is 55.8 Å². The Hall–Kier alpha value is -0.0213. The molecule has 1 unspecified atom stereocenters. The van der Waals surface area contributed by atoms with Crippen molar-refractivity contribution in [1.82, 2.24) is 4.90 Å². The molecule has 1 saturated heterocycles. The summed E-state index contributed by atoms with van der Waals surface area (Å²) in [6.07, 6.45) is 8.15. The van der Waals surface area contributed by atoms with Gasteiger partial charge in [-0.15, -0.1) is 0 Å². The number of cyclic esters (lactones) is 1. The molecule has 8 heteroatoms. The summed E-state index contributed by atoms with van der Waals surface area (Å²) in [7, 11) is 0. The molecule has 30 heavy (non-hydrogen) atoms. The van der Waals surface area contributed by atoms with E-state index in [2.05, 4.69) is 20.8 Å². The second-order valence-corrected chi connectivity index (χ2v) is 25.2. The van der Waals surface area contributed by atoms with E-state index in [1.54, 1.807) is 11.8 Å². The Kier molecular flexibility index (Phi) is 14.7. The minimum atomic E-state index is -2.63. The predicted molar refractivity (Wildman–Crippen MR) is 133 cm³/mol. The molecule has 0 aromatic carbocycles. The molecule has 1 rings (SSSR count). The molecule has 0 aromatic rings. The van der Waals surface area contributed by atoms with Gasteiger partial charge in [0.2, 0.25) is 0 Å². The number of amides is 2. The van der Waals surface area contributed by atoms with Crippen LogP contribution < -0.4 is 0 Å². The molecule has 5 nitrogen and oxygen atoms in total. The zero-order chi connectivity index (χ0) is 22.4. The molecule has 0 spiro atoms. The molecule has 1 atom stereocenters. The van der Waals surface area contributed by atoms with Crippen LogP contribution in [-0.4, -0.2) is 62.7 Å². The van der Waals surface area contributed by atoms with Gasteiger partial charge in [-0.05, 0) is 0 Å². The molecular weight excluding hydrogens is 525 g/mol. The van der Waals surface area contributed by atoms with Crippen LogP contribution >= 0.6 is 24.0 Å². The Morgan fingerprint density at radius 1 is 1.13 bits per heavy atom. The van der Waals surface area contributed by atoms with Crippen molar-refractivity contribution in [1.29, 1.82) is 0 Å². The van der Waals surface area contributed by atoms with E-state index in [0.717, 1.165) is 6.42 Å². The second-order valence-electron chi connectivity index (χ2n) is 8.16. The van der Waals surface area contributed by atoms with Gasteiger partial charge in [-0.2, -0.15) is 0 Å². The summed E-state index contributed by atoms with van der Waals surface area (Å²) >= 11 is 4.64. The number of thioether (sulfide) groups is 1. The number of imide groups is 1. The Labute approximate surface area is 197 Å². The summed E-state index contributed by atoms with van der Waals surface area (Å²) in [6.45, 7) is 10.0. The van der Waals surface area contributed by atoms with Gasteiger partial charge >= 0.3 is 198 Å². The number of carbonyl (C=O) groups is 2. The van der Waals surface area contributed by atoms with Crippen LogP contribution in [0.3, 0.4) is 0 Å². The number of carbonyl (C=O) groups excluding carboxylic acids is 2. The Morgan fingerprint density at radius 2 is 1.70 bits per heavy atom. The van der Waals surface area contributed by atoms with Gasteiger partial charge in [0.25, 0.3) is 0 Å². The first-order valence-corrected chi connectivity index (χ1v) is 20.7. The van der Waals surface area contributed by atoms with Gasteiger partial charge in [-0.25, -0.2) is 0 Å². The maximum atomic E-state index is 12.7. The van der Waals surface area contributed by atoms with Crippen molar-refractivity contribution in [3.05, 3.63) is 0 Å². The van der Waals surface area contributed by atoms with E-state index in [-0.39, 0.29) is 5.91 Å². The normalized spacial score (nSPS) is 15.2. The fourth-order valence-electron chi connectivity index (χ4n) is 4.21. The standard InChI is InChI=1S/C10H14NO4S2.3C4H9.Sn/c1-2-14-10(16)17-7-3-4-8(12)11-5-6-15-9(11)13;3*1-3-4-2;/h7H,2-6H2,1H3;3*1,3-4H2,2H3;. The molecule has 0 aliphatic carbocycles. The molecule has 0 saturated carbocycles. The van der Waals surface area contributed by atoms with Gasteiger partial charge in [0, 0.05) is 0 Å². The number of hydrogen-bond donors (Lipinski definition) is 0. The van der Waals surface area contributed by atoms with Crippen LogP contribution in [-0.2, 0) is 14.3 Å². The molecule has 0 N–H and O–H groups in total. The predicted octanol–water partition coefficient (Wildman–Crippen LogP) is 6.56. The Morgan fingerprint density at radius 3 is 2.13 bits per heavy atom. The zero-order valence-corrected chi connectivity index (χ0v) is 23.9. The van der Waals surface area contributed by atoms with Crippen molar-refractivity contribution in [2.45, 2.75) is 95.6 Å². The van der Waals surface area contributed by atoms with Gasteiger partial charge < -0.3 is 0 Å². The van der Waals surface area contributed by atoms with Crippen molar-refractivity contribution in [3.8, 4) is 0 Å². The number of ether oxygens (including phenoxy) is 2. The van der Waals surface area contributed by atoms with Gasteiger partial charge in [0.05, 0.1) is 0 Å². The van der Waals surface area contributed by atoms with Crippen molar-refractivity contribution >= 4 is 58.7 Å². The van der Waals surface area contributed by atoms with Crippen LogP contribution in [0, 0.1) is 0 Å². The third kappa shape index (κ3) is 9.23. The Balaban J connectivity index is 3.06. The number of rotatable bonds is 15. The molecule has 0 aromatic heterocycles. The van der Waals surface area contributed by atoms with Crippen molar-refractivity contribution in [3.63, 3.8) is 0 Å². The van der Waals surface area contributed by atoms with Gasteiger partial charge in [-0.1, -0.05) is 0 Å². The average Bonchev–Trinajstić information content (AvgIpc) is 3.17. The first kappa shape index (κ1) is 28.0. The fourth-order valence-corrected chi connectivity index (χ4v) is 27.9. The summed E-state index contributed by atoms with van der Waals surface area (Å²) in [5.74, 6) is -0.105. The van der Waals surface area contributed by atoms with Crippen LogP contribution in [0.1, 0.15) is 79.1 Å². The van der Waals surface area contributed by atoms with Gasteiger partial charge in [0.1, 0.15) is 0 Å². The quantitative estimate of drug-likeness (QED) is 0.165. The molecular formula is C22H41NO4S2Sn. The van der Waals surface area contributed by atoms with Crippen LogP contribution in [0.15, 0.2) is 0 Å². The molecule has 1 aliphatic rings. The zero-order valence-electron chi connectivity index (χ0n) is 19.4. The van der Waals surface area contributed by atoms with E-state index >= 15 is 0 Å². The number of hydrogen-bond acceptors (Lipinski definition) is 6. The van der Waals surface area contributed by atoms with Gasteiger partial charge in [0.15, 0.2) is 0 Å². The average molecular weight is 566 g/mol. The summed E-state index contributed by atoms with van der Waals surface area (Å²) < 4.78 is 15.7. The summed E-state index contributed by atoms with van der Waals surface area (Å²) in [5, 5.41) is 0. The number of thiocarbonyl (C=S) groups is 1. The first-order valence-electron chi connectivity index (χ1n) is 11.7. The SMILES string of the molecule is CCC[CH2][Sn]([CH2]CCC)([CH2]CCC)[CH](CCC(=O)N1CCOC1=O)SC(=S)OCC. The third-order valence-electron chi connectivity index (χ3n) is 5.95. The first-order chi connectivity index (χ1) is 14.4. The molecule has 0 bridgehead atoms. The molecule has 1 heterocycles. The maximum absolute atomic E-state index is 12.7. The molecule has 2 amide bonds. The van der Waals surface area contributed by atoms with Crippen molar-refractivity contribution in [2.24, 2.45) is 0 Å². The summed E-state index contributed by atoms with van der Waals surface area (Å²) in [6, 6.07) is 0. The minimum absolute atomic E-state index is 0.105. The van der Waals surface area contributed by atoms with Crippen LogP contribution in [0.5, 0.6) is 0 Å². The van der Waals surface area contributed by atoms with E-state index in [1.165, 1.54) is 56.7 Å².